The van der Waals surface area contributed by atoms with E-state index in [1.165, 1.54) is 24.8 Å². The lowest BCUT2D eigenvalue weighted by Crippen LogP contribution is -2.30. The predicted octanol–water partition coefficient (Wildman–Crippen LogP) is 3.49. The molecule has 1 fully saturated rings. The monoisotopic (exact) mass is 319 g/mol. The summed E-state index contributed by atoms with van der Waals surface area (Å²) in [5.41, 5.74) is 1.24. The molecule has 82 valence electrons. The van der Waals surface area contributed by atoms with Crippen LogP contribution >= 0.6 is 22.6 Å². The van der Waals surface area contributed by atoms with Crippen LogP contribution in [-0.2, 0) is 0 Å². The first kappa shape index (κ1) is 11.3. The maximum Gasteiger partial charge on any atom is 0.124 e. The summed E-state index contributed by atoms with van der Waals surface area (Å²) in [6, 6.07) is 5.47. The summed E-state index contributed by atoms with van der Waals surface area (Å²) >= 11 is 2.22. The van der Waals surface area contributed by atoms with E-state index < -0.39 is 0 Å². The first-order valence-corrected chi connectivity index (χ1v) is 6.42. The normalized spacial score (nSPS) is 18.6. The molecule has 0 amide bonds. The molecule has 1 aromatic rings. The van der Waals surface area contributed by atoms with Crippen molar-refractivity contribution in [1.82, 2.24) is 5.32 Å². The van der Waals surface area contributed by atoms with Crippen molar-refractivity contribution in [3.8, 4) is 0 Å². The summed E-state index contributed by atoms with van der Waals surface area (Å²) in [6.07, 6.45) is 3.92. The molecule has 1 aliphatic carbocycles. The zero-order valence-electron chi connectivity index (χ0n) is 8.76. The molecule has 15 heavy (non-hydrogen) atoms. The van der Waals surface area contributed by atoms with Gasteiger partial charge in [-0.05, 0) is 66.1 Å². The summed E-state index contributed by atoms with van der Waals surface area (Å²) < 4.78 is 14.0. The first-order chi connectivity index (χ1) is 7.22. The topological polar surface area (TPSA) is 12.0 Å². The van der Waals surface area contributed by atoms with Crippen molar-refractivity contribution in [2.24, 2.45) is 5.92 Å². The second-order valence-electron chi connectivity index (χ2n) is 4.12. The van der Waals surface area contributed by atoms with Crippen LogP contribution < -0.4 is 5.32 Å². The summed E-state index contributed by atoms with van der Waals surface area (Å²) in [5.74, 6) is 0.584. The van der Waals surface area contributed by atoms with E-state index in [4.69, 9.17) is 0 Å². The third-order valence-corrected chi connectivity index (χ3v) is 4.16. The Balaban J connectivity index is 2.25. The van der Waals surface area contributed by atoms with Crippen molar-refractivity contribution in [2.75, 3.05) is 7.05 Å². The highest BCUT2D eigenvalue weighted by Gasteiger charge is 2.28. The minimum atomic E-state index is -0.147. The van der Waals surface area contributed by atoms with Crippen LogP contribution in [0.2, 0.25) is 0 Å². The van der Waals surface area contributed by atoms with Crippen LogP contribution in [0, 0.1) is 15.3 Å². The molecule has 0 radical (unpaired) electrons. The Kier molecular flexibility index (Phi) is 3.61. The smallest absolute Gasteiger partial charge is 0.124 e. The Bertz CT molecular complexity index is 349. The van der Waals surface area contributed by atoms with Gasteiger partial charge >= 0.3 is 0 Å². The van der Waals surface area contributed by atoms with Gasteiger partial charge in [0.2, 0.25) is 0 Å². The summed E-state index contributed by atoms with van der Waals surface area (Å²) in [4.78, 5) is 0. The molecule has 3 heteroatoms. The van der Waals surface area contributed by atoms with E-state index in [-0.39, 0.29) is 5.82 Å². The highest BCUT2D eigenvalue weighted by molar-refractivity contribution is 14.1. The lowest BCUT2D eigenvalue weighted by Gasteiger charge is -2.34. The van der Waals surface area contributed by atoms with E-state index >= 15 is 0 Å². The van der Waals surface area contributed by atoms with E-state index in [1.54, 1.807) is 12.1 Å². The van der Waals surface area contributed by atoms with E-state index in [9.17, 15) is 4.39 Å². The van der Waals surface area contributed by atoms with Gasteiger partial charge in [-0.2, -0.15) is 0 Å². The van der Waals surface area contributed by atoms with Crippen LogP contribution in [0.25, 0.3) is 0 Å². The third kappa shape index (κ3) is 2.33. The minimum absolute atomic E-state index is 0.147. The Hall–Kier alpha value is -0.160. The van der Waals surface area contributed by atoms with Crippen LogP contribution in [-0.4, -0.2) is 7.05 Å². The molecule has 0 saturated heterocycles. The second-order valence-corrected chi connectivity index (χ2v) is 5.29. The molecule has 1 atom stereocenters. The third-order valence-electron chi connectivity index (χ3n) is 3.23. The predicted molar refractivity (Wildman–Crippen MR) is 68.3 cm³/mol. The number of rotatable bonds is 3. The fourth-order valence-electron chi connectivity index (χ4n) is 2.17. The van der Waals surface area contributed by atoms with Gasteiger partial charge in [-0.25, -0.2) is 4.39 Å². The Morgan fingerprint density at radius 1 is 1.47 bits per heavy atom. The van der Waals surface area contributed by atoms with Crippen molar-refractivity contribution in [2.45, 2.75) is 25.3 Å². The standard InChI is InChI=1S/C12H15FIN/c1-15-12(8-3-2-4-8)10-6-5-9(13)7-11(10)14/h5-8,12,15H,2-4H2,1H3. The van der Waals surface area contributed by atoms with Gasteiger partial charge in [-0.3, -0.25) is 0 Å². The van der Waals surface area contributed by atoms with Crippen molar-refractivity contribution in [3.05, 3.63) is 33.1 Å². The van der Waals surface area contributed by atoms with E-state index in [1.807, 2.05) is 13.1 Å². The molecule has 0 heterocycles. The van der Waals surface area contributed by atoms with Gasteiger partial charge in [-0.1, -0.05) is 12.5 Å². The molecule has 1 N–H and O–H groups in total. The molecule has 0 spiro atoms. The first-order valence-electron chi connectivity index (χ1n) is 5.34. The van der Waals surface area contributed by atoms with Gasteiger partial charge in [-0.15, -0.1) is 0 Å². The molecule has 1 nitrogen and oxygen atoms in total. The quantitative estimate of drug-likeness (QED) is 0.841. The van der Waals surface area contributed by atoms with Crippen LogP contribution in [0.15, 0.2) is 18.2 Å². The summed E-state index contributed by atoms with van der Waals surface area (Å²) in [5, 5.41) is 3.35. The largest absolute Gasteiger partial charge is 0.313 e. The molecule has 1 saturated carbocycles. The molecule has 1 aliphatic rings. The molecule has 0 bridgehead atoms. The van der Waals surface area contributed by atoms with Crippen molar-refractivity contribution in [1.29, 1.82) is 0 Å². The molecular weight excluding hydrogens is 304 g/mol. The highest BCUT2D eigenvalue weighted by atomic mass is 127. The number of hydrogen-bond donors (Lipinski definition) is 1. The number of hydrogen-bond acceptors (Lipinski definition) is 1. The van der Waals surface area contributed by atoms with Crippen LogP contribution in [0.4, 0.5) is 4.39 Å². The fourth-order valence-corrected chi connectivity index (χ4v) is 2.98. The van der Waals surface area contributed by atoms with E-state index in [2.05, 4.69) is 27.9 Å². The van der Waals surface area contributed by atoms with Crippen LogP contribution in [0.3, 0.4) is 0 Å². The van der Waals surface area contributed by atoms with E-state index in [0.717, 1.165) is 9.49 Å². The van der Waals surface area contributed by atoms with Gasteiger partial charge in [0.15, 0.2) is 0 Å². The van der Waals surface area contributed by atoms with Gasteiger partial charge in [0.25, 0.3) is 0 Å². The lowest BCUT2D eigenvalue weighted by atomic mass is 9.77. The van der Waals surface area contributed by atoms with Gasteiger partial charge in [0.1, 0.15) is 5.82 Å². The summed E-state index contributed by atoms with van der Waals surface area (Å²) in [6.45, 7) is 0. The zero-order chi connectivity index (χ0) is 10.8. The summed E-state index contributed by atoms with van der Waals surface area (Å²) in [7, 11) is 1.99. The Labute approximate surface area is 104 Å². The number of benzene rings is 1. The SMILES string of the molecule is CNC(c1ccc(F)cc1I)C1CCC1. The average molecular weight is 319 g/mol. The van der Waals surface area contributed by atoms with Gasteiger partial charge in [0.05, 0.1) is 0 Å². The van der Waals surface area contributed by atoms with Gasteiger partial charge in [0, 0.05) is 9.61 Å². The second kappa shape index (κ2) is 4.78. The average Bonchev–Trinajstić information content (AvgIpc) is 2.12. The molecular formula is C12H15FIN. The Morgan fingerprint density at radius 2 is 2.20 bits per heavy atom. The molecule has 1 aromatic carbocycles. The molecule has 2 rings (SSSR count). The zero-order valence-corrected chi connectivity index (χ0v) is 10.9. The number of nitrogens with one attached hydrogen (secondary N) is 1. The van der Waals surface area contributed by atoms with Crippen LogP contribution in [0.5, 0.6) is 0 Å². The molecule has 0 aromatic heterocycles. The number of halogens is 2. The van der Waals surface area contributed by atoms with Crippen molar-refractivity contribution >= 4 is 22.6 Å². The maximum absolute atomic E-state index is 13.0. The Morgan fingerprint density at radius 3 is 2.67 bits per heavy atom. The highest BCUT2D eigenvalue weighted by Crippen LogP contribution is 2.38. The fraction of sp³-hybridized carbons (Fsp3) is 0.500. The molecule has 0 aliphatic heterocycles. The van der Waals surface area contributed by atoms with Gasteiger partial charge < -0.3 is 5.32 Å². The van der Waals surface area contributed by atoms with E-state index in [0.29, 0.717) is 6.04 Å². The van der Waals surface area contributed by atoms with Crippen molar-refractivity contribution < 1.29 is 4.39 Å². The van der Waals surface area contributed by atoms with Crippen molar-refractivity contribution in [3.63, 3.8) is 0 Å². The van der Waals surface area contributed by atoms with Crippen LogP contribution in [0.1, 0.15) is 30.9 Å². The minimum Gasteiger partial charge on any atom is -0.313 e. The lowest BCUT2D eigenvalue weighted by molar-refractivity contribution is 0.239. The molecule has 1 unspecified atom stereocenters. The maximum atomic E-state index is 13.0.